The van der Waals surface area contributed by atoms with Crippen LogP contribution in [0.3, 0.4) is 0 Å². The van der Waals surface area contributed by atoms with Crippen molar-refractivity contribution in [2.45, 2.75) is 32.1 Å². The Morgan fingerprint density at radius 2 is 2.00 bits per heavy atom. The summed E-state index contributed by atoms with van der Waals surface area (Å²) in [5.41, 5.74) is 1.41. The van der Waals surface area contributed by atoms with Crippen LogP contribution in [0, 0.1) is 0 Å². The number of alkyl halides is 2. The van der Waals surface area contributed by atoms with E-state index in [9.17, 15) is 13.9 Å². The molecule has 1 aliphatic heterocycles. The van der Waals surface area contributed by atoms with Gasteiger partial charge in [0.2, 0.25) is 0 Å². The molecule has 0 aliphatic carbocycles. The maximum Gasteiger partial charge on any atom is 0.387 e. The fourth-order valence-corrected chi connectivity index (χ4v) is 3.28. The second-order valence-electron chi connectivity index (χ2n) is 6.48. The van der Waals surface area contributed by atoms with Crippen molar-refractivity contribution in [2.75, 3.05) is 18.5 Å². The molecule has 0 saturated carbocycles. The van der Waals surface area contributed by atoms with Crippen molar-refractivity contribution >= 4 is 23.0 Å². The summed E-state index contributed by atoms with van der Waals surface area (Å²) < 4.78 is 34.6. The number of anilines is 1. The van der Waals surface area contributed by atoms with Crippen LogP contribution < -0.4 is 10.1 Å². The molecule has 0 unspecified atom stereocenters. The Morgan fingerprint density at radius 3 is 2.64 bits per heavy atom. The van der Waals surface area contributed by atoms with Crippen molar-refractivity contribution in [3.63, 3.8) is 0 Å². The van der Waals surface area contributed by atoms with E-state index in [1.165, 1.54) is 12.1 Å². The van der Waals surface area contributed by atoms with Crippen molar-refractivity contribution in [1.82, 2.24) is 4.90 Å². The third kappa shape index (κ3) is 5.77. The van der Waals surface area contributed by atoms with Crippen molar-refractivity contribution in [2.24, 2.45) is 0 Å². The topological polar surface area (TPSA) is 54.0 Å². The second-order valence-corrected chi connectivity index (χ2v) is 6.86. The van der Waals surface area contributed by atoms with Crippen LogP contribution in [0.5, 0.6) is 11.5 Å². The highest BCUT2D eigenvalue weighted by atomic mass is 32.1. The standard InChI is InChI=1S/C20H22F2N2O3S/c21-19(22)27-16-9-7-15(8-10-16)23-20(28)24(13-17-5-3-11-26-17)12-14-4-1-2-6-18(14)25/h1-2,4,6-10,17,19,25H,3,5,11-13H2,(H,23,28)/t17-/m0/s1. The number of nitrogens with zero attached hydrogens (tertiary/aromatic N) is 1. The summed E-state index contributed by atoms with van der Waals surface area (Å²) in [5, 5.41) is 13.7. The number of phenolic OH excluding ortho intramolecular Hbond substituents is 1. The van der Waals surface area contributed by atoms with Gasteiger partial charge in [-0.15, -0.1) is 0 Å². The number of aromatic hydroxyl groups is 1. The second kappa shape index (κ2) is 9.66. The van der Waals surface area contributed by atoms with Crippen LogP contribution in [0.1, 0.15) is 18.4 Å². The van der Waals surface area contributed by atoms with E-state index >= 15 is 0 Å². The minimum Gasteiger partial charge on any atom is -0.508 e. The van der Waals surface area contributed by atoms with Gasteiger partial charge in [-0.2, -0.15) is 8.78 Å². The number of thiocarbonyl (C=S) groups is 1. The van der Waals surface area contributed by atoms with E-state index in [4.69, 9.17) is 17.0 Å². The molecule has 150 valence electrons. The van der Waals surface area contributed by atoms with Gasteiger partial charge in [-0.3, -0.25) is 0 Å². The number of benzene rings is 2. The van der Waals surface area contributed by atoms with E-state index in [1.807, 2.05) is 17.0 Å². The SMILES string of the molecule is Oc1ccccc1CN(C[C@@H]1CCCO1)C(=S)Nc1ccc(OC(F)F)cc1. The lowest BCUT2D eigenvalue weighted by Crippen LogP contribution is -2.39. The predicted octanol–water partition coefficient (Wildman–Crippen LogP) is 4.37. The highest BCUT2D eigenvalue weighted by Gasteiger charge is 2.22. The van der Waals surface area contributed by atoms with Gasteiger partial charge in [0.1, 0.15) is 11.5 Å². The molecule has 1 saturated heterocycles. The monoisotopic (exact) mass is 408 g/mol. The van der Waals surface area contributed by atoms with E-state index in [0.717, 1.165) is 25.0 Å². The van der Waals surface area contributed by atoms with Gasteiger partial charge < -0.3 is 24.8 Å². The Hall–Kier alpha value is -2.45. The lowest BCUT2D eigenvalue weighted by Gasteiger charge is -2.28. The fraction of sp³-hybridized carbons (Fsp3) is 0.350. The van der Waals surface area contributed by atoms with Gasteiger partial charge in [0, 0.05) is 30.9 Å². The number of para-hydroxylation sites is 1. The predicted molar refractivity (Wildman–Crippen MR) is 107 cm³/mol. The first kappa shape index (κ1) is 20.3. The lowest BCUT2D eigenvalue weighted by molar-refractivity contribution is -0.0498. The molecule has 0 spiro atoms. The summed E-state index contributed by atoms with van der Waals surface area (Å²) >= 11 is 5.56. The van der Waals surface area contributed by atoms with Gasteiger partial charge >= 0.3 is 6.61 Å². The molecule has 0 amide bonds. The van der Waals surface area contributed by atoms with Crippen LogP contribution in [0.25, 0.3) is 0 Å². The van der Waals surface area contributed by atoms with Crippen LogP contribution in [0.2, 0.25) is 0 Å². The van der Waals surface area contributed by atoms with E-state index in [1.54, 1.807) is 24.3 Å². The van der Waals surface area contributed by atoms with Gasteiger partial charge in [-0.25, -0.2) is 0 Å². The number of phenols is 1. The summed E-state index contributed by atoms with van der Waals surface area (Å²) in [6, 6.07) is 13.2. The van der Waals surface area contributed by atoms with Gasteiger partial charge in [-0.1, -0.05) is 18.2 Å². The first-order valence-electron chi connectivity index (χ1n) is 9.00. The molecule has 2 aromatic rings. The number of nitrogens with one attached hydrogen (secondary N) is 1. The molecule has 1 aliphatic rings. The van der Waals surface area contributed by atoms with Crippen LogP contribution in [-0.2, 0) is 11.3 Å². The normalized spacial score (nSPS) is 16.2. The Balaban J connectivity index is 1.69. The average molecular weight is 408 g/mol. The third-order valence-corrected chi connectivity index (χ3v) is 4.78. The number of halogens is 2. The van der Waals surface area contributed by atoms with Crippen LogP contribution in [0.4, 0.5) is 14.5 Å². The molecule has 2 aromatic carbocycles. The number of hydrogen-bond donors (Lipinski definition) is 2. The summed E-state index contributed by atoms with van der Waals surface area (Å²) in [6.07, 6.45) is 2.05. The van der Waals surface area contributed by atoms with Gasteiger partial charge in [0.25, 0.3) is 0 Å². The zero-order chi connectivity index (χ0) is 19.9. The highest BCUT2D eigenvalue weighted by molar-refractivity contribution is 7.80. The third-order valence-electron chi connectivity index (χ3n) is 4.42. The van der Waals surface area contributed by atoms with Crippen molar-refractivity contribution < 1.29 is 23.4 Å². The molecule has 0 bridgehead atoms. The zero-order valence-corrected chi connectivity index (χ0v) is 16.0. The molecule has 28 heavy (non-hydrogen) atoms. The Labute approximate surface area is 167 Å². The minimum absolute atomic E-state index is 0.0763. The summed E-state index contributed by atoms with van der Waals surface area (Å²) in [7, 11) is 0. The Kier molecular flexibility index (Phi) is 7.00. The van der Waals surface area contributed by atoms with Gasteiger partial charge in [-0.05, 0) is 55.4 Å². The first-order valence-corrected chi connectivity index (χ1v) is 9.41. The van der Waals surface area contributed by atoms with E-state index < -0.39 is 6.61 Å². The molecular formula is C20H22F2N2O3S. The van der Waals surface area contributed by atoms with Crippen LogP contribution in [0.15, 0.2) is 48.5 Å². The van der Waals surface area contributed by atoms with E-state index in [0.29, 0.717) is 23.9 Å². The zero-order valence-electron chi connectivity index (χ0n) is 15.2. The summed E-state index contributed by atoms with van der Waals surface area (Å²) in [5.74, 6) is 0.285. The molecule has 2 N–H and O–H groups in total. The van der Waals surface area contributed by atoms with E-state index in [2.05, 4.69) is 10.1 Å². The van der Waals surface area contributed by atoms with Crippen molar-refractivity contribution in [3.05, 3.63) is 54.1 Å². The quantitative estimate of drug-likeness (QED) is 0.664. The maximum absolute atomic E-state index is 12.3. The molecule has 3 rings (SSSR count). The number of rotatable bonds is 7. The smallest absolute Gasteiger partial charge is 0.387 e. The van der Waals surface area contributed by atoms with Gasteiger partial charge in [0.15, 0.2) is 5.11 Å². The Morgan fingerprint density at radius 1 is 1.25 bits per heavy atom. The molecule has 1 atom stereocenters. The molecular weight excluding hydrogens is 386 g/mol. The molecule has 1 heterocycles. The summed E-state index contributed by atoms with van der Waals surface area (Å²) in [4.78, 5) is 1.93. The van der Waals surface area contributed by atoms with Gasteiger partial charge in [0.05, 0.1) is 6.10 Å². The number of hydrogen-bond acceptors (Lipinski definition) is 4. The lowest BCUT2D eigenvalue weighted by atomic mass is 10.1. The Bertz CT molecular complexity index is 783. The molecule has 5 nitrogen and oxygen atoms in total. The largest absolute Gasteiger partial charge is 0.508 e. The molecule has 0 radical (unpaired) electrons. The fourth-order valence-electron chi connectivity index (χ4n) is 3.03. The summed E-state index contributed by atoms with van der Waals surface area (Å²) in [6.45, 7) is -1.11. The molecule has 8 heteroatoms. The van der Waals surface area contributed by atoms with E-state index in [-0.39, 0.29) is 17.6 Å². The first-order chi connectivity index (χ1) is 13.5. The average Bonchev–Trinajstić information content (AvgIpc) is 3.17. The number of ether oxygens (including phenoxy) is 2. The highest BCUT2D eigenvalue weighted by Crippen LogP contribution is 2.22. The van der Waals surface area contributed by atoms with Crippen molar-refractivity contribution in [3.8, 4) is 11.5 Å². The molecule has 0 aromatic heterocycles. The maximum atomic E-state index is 12.3. The van der Waals surface area contributed by atoms with Crippen LogP contribution >= 0.6 is 12.2 Å². The van der Waals surface area contributed by atoms with Crippen molar-refractivity contribution in [1.29, 1.82) is 0 Å². The molecule has 1 fully saturated rings. The van der Waals surface area contributed by atoms with Crippen LogP contribution in [-0.4, -0.2) is 41.0 Å². The minimum atomic E-state index is -2.86.